The number of hydrogen-bond acceptors (Lipinski definition) is 5. The Balaban J connectivity index is 2.92. The van der Waals surface area contributed by atoms with Crippen molar-refractivity contribution in [2.24, 2.45) is 0 Å². The monoisotopic (exact) mass is 211 g/mol. The van der Waals surface area contributed by atoms with E-state index in [2.05, 4.69) is 10.3 Å². The van der Waals surface area contributed by atoms with E-state index in [1.54, 1.807) is 13.8 Å². The molecular weight excluding hydrogens is 198 g/mol. The lowest BCUT2D eigenvalue weighted by Gasteiger charge is -2.11. The topological polar surface area (TPSA) is 88.3 Å². The molecule has 0 aliphatic heterocycles. The van der Waals surface area contributed by atoms with Crippen LogP contribution in [0, 0.1) is 17.0 Å². The first-order valence-electron chi connectivity index (χ1n) is 4.53. The van der Waals surface area contributed by atoms with E-state index in [9.17, 15) is 10.1 Å². The van der Waals surface area contributed by atoms with Crippen LogP contribution in [0.5, 0.6) is 0 Å². The van der Waals surface area contributed by atoms with E-state index in [4.69, 9.17) is 5.11 Å². The first-order valence-corrected chi connectivity index (χ1v) is 4.53. The molecule has 1 rings (SSSR count). The van der Waals surface area contributed by atoms with Crippen LogP contribution in [0.3, 0.4) is 0 Å². The van der Waals surface area contributed by atoms with Crippen LogP contribution in [0.25, 0.3) is 0 Å². The van der Waals surface area contributed by atoms with Gasteiger partial charge in [-0.15, -0.1) is 0 Å². The number of rotatable bonds is 4. The summed E-state index contributed by atoms with van der Waals surface area (Å²) in [5.74, 6) is 0.397. The third kappa shape index (κ3) is 2.88. The van der Waals surface area contributed by atoms with Crippen LogP contribution < -0.4 is 5.32 Å². The molecule has 0 radical (unpaired) electrons. The highest BCUT2D eigenvalue weighted by molar-refractivity contribution is 5.49. The van der Waals surface area contributed by atoms with Crippen molar-refractivity contribution in [3.63, 3.8) is 0 Å². The molecule has 82 valence electrons. The summed E-state index contributed by atoms with van der Waals surface area (Å²) in [5.41, 5.74) is 0.542. The van der Waals surface area contributed by atoms with Crippen LogP contribution in [-0.4, -0.2) is 27.7 Å². The Hall–Kier alpha value is -1.69. The van der Waals surface area contributed by atoms with Crippen molar-refractivity contribution in [2.45, 2.75) is 19.9 Å². The van der Waals surface area contributed by atoms with E-state index >= 15 is 0 Å². The lowest BCUT2D eigenvalue weighted by Crippen LogP contribution is -2.20. The van der Waals surface area contributed by atoms with Gasteiger partial charge in [0.05, 0.1) is 17.6 Å². The molecule has 1 heterocycles. The van der Waals surface area contributed by atoms with E-state index in [0.717, 1.165) is 0 Å². The third-order valence-electron chi connectivity index (χ3n) is 1.94. The molecule has 0 saturated carbocycles. The Labute approximate surface area is 87.1 Å². The van der Waals surface area contributed by atoms with Gasteiger partial charge in [0.1, 0.15) is 5.82 Å². The minimum absolute atomic E-state index is 0.0256. The van der Waals surface area contributed by atoms with Crippen LogP contribution in [-0.2, 0) is 0 Å². The quantitative estimate of drug-likeness (QED) is 0.575. The number of nitrogens with one attached hydrogen (secondary N) is 1. The number of pyridine rings is 1. The summed E-state index contributed by atoms with van der Waals surface area (Å²) in [4.78, 5) is 14.2. The van der Waals surface area contributed by atoms with E-state index in [1.165, 1.54) is 12.3 Å². The van der Waals surface area contributed by atoms with Crippen LogP contribution in [0.15, 0.2) is 12.3 Å². The molecule has 1 aromatic rings. The summed E-state index contributed by atoms with van der Waals surface area (Å²) in [6, 6.07) is 1.18. The predicted octanol–water partition coefficient (Wildman–Crippen LogP) is 1.09. The summed E-state index contributed by atoms with van der Waals surface area (Å²) in [6.07, 6.45) is 1.44. The number of nitro groups is 1. The number of aliphatic hydroxyl groups is 1. The molecule has 6 nitrogen and oxygen atoms in total. The Bertz CT molecular complexity index is 368. The van der Waals surface area contributed by atoms with Crippen LogP contribution in [0.2, 0.25) is 0 Å². The molecule has 0 fully saturated rings. The fourth-order valence-corrected chi connectivity index (χ4v) is 1.09. The fourth-order valence-electron chi connectivity index (χ4n) is 1.09. The molecule has 0 aliphatic carbocycles. The Morgan fingerprint density at radius 3 is 2.93 bits per heavy atom. The van der Waals surface area contributed by atoms with Gasteiger partial charge < -0.3 is 10.4 Å². The zero-order chi connectivity index (χ0) is 11.4. The standard InChI is InChI=1S/C9H13N3O3/c1-6-4-10-9(11-7(2)5-13)3-8(6)12(14)15/h3-4,7,13H,5H2,1-2H3,(H,10,11). The van der Waals surface area contributed by atoms with Gasteiger partial charge in [0, 0.05) is 17.8 Å². The van der Waals surface area contributed by atoms with Crippen molar-refractivity contribution in [1.29, 1.82) is 0 Å². The maximum Gasteiger partial charge on any atom is 0.277 e. The van der Waals surface area contributed by atoms with E-state index < -0.39 is 4.92 Å². The molecule has 0 bridgehead atoms. The zero-order valence-electron chi connectivity index (χ0n) is 8.60. The summed E-state index contributed by atoms with van der Waals surface area (Å²) in [6.45, 7) is 3.33. The highest BCUT2D eigenvalue weighted by Gasteiger charge is 2.12. The fraction of sp³-hybridized carbons (Fsp3) is 0.444. The maximum atomic E-state index is 10.6. The van der Waals surface area contributed by atoms with Crippen LogP contribution in [0.4, 0.5) is 11.5 Å². The molecule has 1 unspecified atom stereocenters. The van der Waals surface area contributed by atoms with Crippen molar-refractivity contribution in [2.75, 3.05) is 11.9 Å². The number of hydrogen-bond donors (Lipinski definition) is 2. The number of nitrogens with zero attached hydrogens (tertiary/aromatic N) is 2. The lowest BCUT2D eigenvalue weighted by atomic mass is 10.2. The number of aryl methyl sites for hydroxylation is 1. The summed E-state index contributed by atoms with van der Waals surface area (Å²) < 4.78 is 0. The molecule has 0 saturated heterocycles. The van der Waals surface area contributed by atoms with Crippen molar-refractivity contribution >= 4 is 11.5 Å². The molecule has 1 aromatic heterocycles. The van der Waals surface area contributed by atoms with Gasteiger partial charge >= 0.3 is 0 Å². The molecule has 6 heteroatoms. The second kappa shape index (κ2) is 4.70. The summed E-state index contributed by atoms with van der Waals surface area (Å²) in [5, 5.41) is 22.3. The number of anilines is 1. The maximum absolute atomic E-state index is 10.6. The second-order valence-corrected chi connectivity index (χ2v) is 3.34. The van der Waals surface area contributed by atoms with E-state index in [-0.39, 0.29) is 18.3 Å². The smallest absolute Gasteiger partial charge is 0.277 e. The molecule has 0 aliphatic rings. The molecular formula is C9H13N3O3. The first-order chi connectivity index (χ1) is 7.04. The Kier molecular flexibility index (Phi) is 3.56. The van der Waals surface area contributed by atoms with Gasteiger partial charge in [-0.05, 0) is 13.8 Å². The summed E-state index contributed by atoms with van der Waals surface area (Å²) >= 11 is 0. The zero-order valence-corrected chi connectivity index (χ0v) is 8.60. The molecule has 0 amide bonds. The van der Waals surface area contributed by atoms with E-state index in [1.807, 2.05) is 0 Å². The van der Waals surface area contributed by atoms with Gasteiger partial charge in [-0.2, -0.15) is 0 Å². The molecule has 0 spiro atoms. The minimum Gasteiger partial charge on any atom is -0.394 e. The Morgan fingerprint density at radius 2 is 2.40 bits per heavy atom. The lowest BCUT2D eigenvalue weighted by molar-refractivity contribution is -0.385. The van der Waals surface area contributed by atoms with Gasteiger partial charge in [0.15, 0.2) is 0 Å². The van der Waals surface area contributed by atoms with Crippen molar-refractivity contribution < 1.29 is 10.0 Å². The van der Waals surface area contributed by atoms with Crippen LogP contribution in [0.1, 0.15) is 12.5 Å². The van der Waals surface area contributed by atoms with Crippen molar-refractivity contribution in [1.82, 2.24) is 4.98 Å². The number of aliphatic hydroxyl groups excluding tert-OH is 1. The second-order valence-electron chi connectivity index (χ2n) is 3.34. The average molecular weight is 211 g/mol. The third-order valence-corrected chi connectivity index (χ3v) is 1.94. The molecule has 0 aromatic carbocycles. The molecule has 1 atom stereocenters. The predicted molar refractivity (Wildman–Crippen MR) is 55.8 cm³/mol. The van der Waals surface area contributed by atoms with Crippen LogP contribution >= 0.6 is 0 Å². The SMILES string of the molecule is Cc1cnc(NC(C)CO)cc1[N+](=O)[O-]. The normalized spacial score (nSPS) is 12.2. The van der Waals surface area contributed by atoms with E-state index in [0.29, 0.717) is 11.4 Å². The van der Waals surface area contributed by atoms with Gasteiger partial charge in [-0.1, -0.05) is 0 Å². The molecule has 2 N–H and O–H groups in total. The van der Waals surface area contributed by atoms with Crippen molar-refractivity contribution in [3.8, 4) is 0 Å². The van der Waals surface area contributed by atoms with Crippen molar-refractivity contribution in [3.05, 3.63) is 27.9 Å². The number of aromatic nitrogens is 1. The van der Waals surface area contributed by atoms with Gasteiger partial charge in [-0.3, -0.25) is 10.1 Å². The summed E-state index contributed by atoms with van der Waals surface area (Å²) in [7, 11) is 0. The molecule has 15 heavy (non-hydrogen) atoms. The highest BCUT2D eigenvalue weighted by atomic mass is 16.6. The highest BCUT2D eigenvalue weighted by Crippen LogP contribution is 2.19. The Morgan fingerprint density at radius 1 is 1.73 bits per heavy atom. The average Bonchev–Trinajstić information content (AvgIpc) is 2.20. The van der Waals surface area contributed by atoms with Gasteiger partial charge in [-0.25, -0.2) is 4.98 Å². The van der Waals surface area contributed by atoms with Gasteiger partial charge in [0.25, 0.3) is 5.69 Å². The minimum atomic E-state index is -0.453. The van der Waals surface area contributed by atoms with Gasteiger partial charge in [0.2, 0.25) is 0 Å². The first kappa shape index (κ1) is 11.4. The largest absolute Gasteiger partial charge is 0.394 e.